The van der Waals surface area contributed by atoms with Crippen LogP contribution in [0.1, 0.15) is 59.7 Å². The molecule has 0 saturated heterocycles. The zero-order chi connectivity index (χ0) is 15.0. The fourth-order valence-electron chi connectivity index (χ4n) is 3.28. The summed E-state index contributed by atoms with van der Waals surface area (Å²) in [5, 5.41) is 2.13. The summed E-state index contributed by atoms with van der Waals surface area (Å²) in [6, 6.07) is 4.48. The van der Waals surface area contributed by atoms with Crippen LogP contribution in [0, 0.1) is 20.8 Å². The number of thiazole rings is 1. The van der Waals surface area contributed by atoms with Gasteiger partial charge in [-0.15, -0.1) is 11.3 Å². The normalized spacial score (nSPS) is 16.3. The van der Waals surface area contributed by atoms with Gasteiger partial charge < -0.3 is 5.73 Å². The first kappa shape index (κ1) is 14.6. The van der Waals surface area contributed by atoms with Gasteiger partial charge >= 0.3 is 0 Å². The lowest BCUT2D eigenvalue weighted by Crippen LogP contribution is -2.03. The number of aromatic nitrogens is 1. The van der Waals surface area contributed by atoms with Crippen molar-refractivity contribution >= 4 is 16.3 Å². The van der Waals surface area contributed by atoms with Crippen LogP contribution < -0.4 is 5.73 Å². The average molecular weight is 300 g/mol. The highest BCUT2D eigenvalue weighted by molar-refractivity contribution is 7.16. The molecule has 1 fully saturated rings. The fourth-order valence-corrected chi connectivity index (χ4v) is 4.30. The molecule has 1 heterocycles. The Morgan fingerprint density at radius 2 is 1.67 bits per heavy atom. The molecule has 1 aliphatic carbocycles. The molecule has 2 nitrogen and oxygen atoms in total. The Labute approximate surface area is 131 Å². The standard InChI is InChI=1S/C18H24N2S/c1-11-9-13(3)15(10-12(11)2)16-17(19)21-18(20-16)14-7-5-4-6-8-14/h9-10,14H,4-8,19H2,1-3H3. The lowest BCUT2D eigenvalue weighted by atomic mass is 9.90. The van der Waals surface area contributed by atoms with E-state index in [1.165, 1.54) is 59.4 Å². The third-order valence-electron chi connectivity index (χ3n) is 4.72. The second-order valence-corrected chi connectivity index (χ2v) is 7.41. The second-order valence-electron chi connectivity index (χ2n) is 6.35. The Bertz CT molecular complexity index is 651. The molecular weight excluding hydrogens is 276 g/mol. The van der Waals surface area contributed by atoms with E-state index in [1.54, 1.807) is 11.3 Å². The van der Waals surface area contributed by atoms with Gasteiger partial charge in [0.05, 0.1) is 5.01 Å². The average Bonchev–Trinajstić information content (AvgIpc) is 2.86. The minimum absolute atomic E-state index is 0.631. The highest BCUT2D eigenvalue weighted by Gasteiger charge is 2.21. The van der Waals surface area contributed by atoms with Crippen LogP contribution in [0.3, 0.4) is 0 Å². The van der Waals surface area contributed by atoms with Crippen LogP contribution in [0.2, 0.25) is 0 Å². The van der Waals surface area contributed by atoms with Crippen molar-refractivity contribution in [1.29, 1.82) is 0 Å². The summed E-state index contributed by atoms with van der Waals surface area (Å²) in [6.45, 7) is 6.47. The van der Waals surface area contributed by atoms with E-state index in [2.05, 4.69) is 32.9 Å². The number of hydrogen-bond acceptors (Lipinski definition) is 3. The number of benzene rings is 1. The van der Waals surface area contributed by atoms with E-state index in [1.807, 2.05) is 0 Å². The summed E-state index contributed by atoms with van der Waals surface area (Å²) < 4.78 is 0. The van der Waals surface area contributed by atoms with Crippen LogP contribution in [0.4, 0.5) is 5.00 Å². The molecule has 0 unspecified atom stereocenters. The Morgan fingerprint density at radius 1 is 1.00 bits per heavy atom. The van der Waals surface area contributed by atoms with Crippen LogP contribution in [0.15, 0.2) is 12.1 Å². The van der Waals surface area contributed by atoms with Crippen molar-refractivity contribution in [2.45, 2.75) is 58.8 Å². The van der Waals surface area contributed by atoms with Crippen molar-refractivity contribution in [2.24, 2.45) is 0 Å². The van der Waals surface area contributed by atoms with Crippen LogP contribution in [0.5, 0.6) is 0 Å². The van der Waals surface area contributed by atoms with Gasteiger partial charge in [-0.1, -0.05) is 25.3 Å². The molecule has 0 aliphatic heterocycles. The lowest BCUT2D eigenvalue weighted by Gasteiger charge is -2.18. The summed E-state index contributed by atoms with van der Waals surface area (Å²) >= 11 is 1.70. The number of nitrogens with two attached hydrogens (primary N) is 1. The van der Waals surface area contributed by atoms with Crippen LogP contribution in [0.25, 0.3) is 11.3 Å². The molecule has 0 spiro atoms. The molecule has 3 heteroatoms. The van der Waals surface area contributed by atoms with Gasteiger partial charge in [0.25, 0.3) is 0 Å². The Morgan fingerprint density at radius 3 is 2.38 bits per heavy atom. The zero-order valence-corrected chi connectivity index (χ0v) is 14.0. The molecule has 1 saturated carbocycles. The van der Waals surface area contributed by atoms with Crippen molar-refractivity contribution in [2.75, 3.05) is 5.73 Å². The van der Waals surface area contributed by atoms with Crippen LogP contribution in [-0.2, 0) is 0 Å². The van der Waals surface area contributed by atoms with Gasteiger partial charge in [-0.3, -0.25) is 0 Å². The first-order chi connectivity index (χ1) is 10.1. The molecule has 2 aromatic rings. The third kappa shape index (κ3) is 2.84. The van der Waals surface area contributed by atoms with E-state index in [0.717, 1.165) is 10.7 Å². The van der Waals surface area contributed by atoms with Gasteiger partial charge in [0, 0.05) is 11.5 Å². The Hall–Kier alpha value is -1.35. The van der Waals surface area contributed by atoms with Gasteiger partial charge in [0.15, 0.2) is 0 Å². The van der Waals surface area contributed by atoms with E-state index in [9.17, 15) is 0 Å². The highest BCUT2D eigenvalue weighted by Crippen LogP contribution is 2.40. The van der Waals surface area contributed by atoms with Crippen molar-refractivity contribution < 1.29 is 0 Å². The van der Waals surface area contributed by atoms with E-state index in [4.69, 9.17) is 10.7 Å². The van der Waals surface area contributed by atoms with Crippen LogP contribution in [-0.4, -0.2) is 4.98 Å². The predicted octanol–water partition coefficient (Wildman–Crippen LogP) is 5.37. The number of anilines is 1. The summed E-state index contributed by atoms with van der Waals surface area (Å²) in [4.78, 5) is 4.93. The molecule has 2 N–H and O–H groups in total. The summed E-state index contributed by atoms with van der Waals surface area (Å²) in [7, 11) is 0. The molecule has 0 atom stereocenters. The van der Waals surface area contributed by atoms with Gasteiger partial charge in [-0.05, 0) is 56.4 Å². The van der Waals surface area contributed by atoms with E-state index in [0.29, 0.717) is 5.92 Å². The second kappa shape index (κ2) is 5.80. The number of nitrogen functional groups attached to an aromatic ring is 1. The SMILES string of the molecule is Cc1cc(C)c(-c2nc(C3CCCCC3)sc2N)cc1C. The quantitative estimate of drug-likeness (QED) is 0.810. The number of aryl methyl sites for hydroxylation is 3. The maximum absolute atomic E-state index is 6.29. The van der Waals surface area contributed by atoms with Crippen molar-refractivity contribution in [3.8, 4) is 11.3 Å². The smallest absolute Gasteiger partial charge is 0.114 e. The molecule has 1 aromatic carbocycles. The maximum atomic E-state index is 6.29. The van der Waals surface area contributed by atoms with Crippen molar-refractivity contribution in [3.05, 3.63) is 33.8 Å². The third-order valence-corrected chi connectivity index (χ3v) is 5.77. The largest absolute Gasteiger partial charge is 0.389 e. The molecule has 0 radical (unpaired) electrons. The molecule has 0 amide bonds. The van der Waals surface area contributed by atoms with E-state index >= 15 is 0 Å². The van der Waals surface area contributed by atoms with E-state index in [-0.39, 0.29) is 0 Å². The Kier molecular flexibility index (Phi) is 4.03. The number of nitrogens with zero attached hydrogens (tertiary/aromatic N) is 1. The van der Waals surface area contributed by atoms with Gasteiger partial charge in [-0.25, -0.2) is 4.98 Å². The van der Waals surface area contributed by atoms with Gasteiger partial charge in [0.1, 0.15) is 10.7 Å². The Balaban J connectivity index is 1.99. The van der Waals surface area contributed by atoms with Gasteiger partial charge in [0.2, 0.25) is 0 Å². The molecule has 3 rings (SSSR count). The summed E-state index contributed by atoms with van der Waals surface area (Å²) in [5.74, 6) is 0.631. The zero-order valence-electron chi connectivity index (χ0n) is 13.2. The van der Waals surface area contributed by atoms with Crippen LogP contribution >= 0.6 is 11.3 Å². The molecule has 0 bridgehead atoms. The highest BCUT2D eigenvalue weighted by atomic mass is 32.1. The molecular formula is C18H24N2S. The molecule has 1 aliphatic rings. The maximum Gasteiger partial charge on any atom is 0.114 e. The predicted molar refractivity (Wildman–Crippen MR) is 92.0 cm³/mol. The summed E-state index contributed by atoms with van der Waals surface area (Å²) in [5.41, 5.74) is 12.4. The molecule has 21 heavy (non-hydrogen) atoms. The lowest BCUT2D eigenvalue weighted by molar-refractivity contribution is 0.442. The summed E-state index contributed by atoms with van der Waals surface area (Å²) in [6.07, 6.45) is 6.60. The number of rotatable bonds is 2. The van der Waals surface area contributed by atoms with E-state index < -0.39 is 0 Å². The van der Waals surface area contributed by atoms with Crippen molar-refractivity contribution in [1.82, 2.24) is 4.98 Å². The topological polar surface area (TPSA) is 38.9 Å². The molecule has 1 aromatic heterocycles. The monoisotopic (exact) mass is 300 g/mol. The first-order valence-electron chi connectivity index (χ1n) is 7.90. The van der Waals surface area contributed by atoms with Gasteiger partial charge in [-0.2, -0.15) is 0 Å². The fraction of sp³-hybridized carbons (Fsp3) is 0.500. The molecule has 112 valence electrons. The first-order valence-corrected chi connectivity index (χ1v) is 8.72. The minimum atomic E-state index is 0.631. The number of hydrogen-bond donors (Lipinski definition) is 1. The van der Waals surface area contributed by atoms with Crippen molar-refractivity contribution in [3.63, 3.8) is 0 Å². The minimum Gasteiger partial charge on any atom is -0.389 e.